The number of amides is 2. The fourth-order valence-corrected chi connectivity index (χ4v) is 2.92. The van der Waals surface area contributed by atoms with Gasteiger partial charge in [0.15, 0.2) is 0 Å². The van der Waals surface area contributed by atoms with Crippen LogP contribution in [0.5, 0.6) is 0 Å². The number of carbonyl (C=O) groups is 1. The Kier molecular flexibility index (Phi) is 5.49. The molecule has 0 fully saturated rings. The monoisotopic (exact) mass is 370 g/mol. The van der Waals surface area contributed by atoms with Crippen LogP contribution >= 0.6 is 0 Å². The van der Waals surface area contributed by atoms with E-state index in [9.17, 15) is 13.6 Å². The molecule has 0 saturated heterocycles. The highest BCUT2D eigenvalue weighted by Crippen LogP contribution is 2.23. The van der Waals surface area contributed by atoms with Crippen LogP contribution in [0.25, 0.3) is 0 Å². The Labute approximate surface area is 156 Å². The molecule has 2 atom stereocenters. The van der Waals surface area contributed by atoms with Crippen molar-refractivity contribution < 1.29 is 13.6 Å². The van der Waals surface area contributed by atoms with Crippen LogP contribution in [0.4, 0.5) is 13.6 Å². The number of carbonyl (C=O) groups excluding carboxylic acids is 1. The number of urea groups is 1. The molecule has 0 aliphatic rings. The number of hydrogen-bond donors (Lipinski definition) is 2. The van der Waals surface area contributed by atoms with Gasteiger partial charge in [-0.15, -0.1) is 0 Å². The largest absolute Gasteiger partial charge is 0.336 e. The molecular weight excluding hydrogens is 350 g/mol. The maximum absolute atomic E-state index is 14.3. The summed E-state index contributed by atoms with van der Waals surface area (Å²) in [5.74, 6) is -0.373. The molecule has 2 amide bonds. The van der Waals surface area contributed by atoms with Gasteiger partial charge in [-0.2, -0.15) is 0 Å². The van der Waals surface area contributed by atoms with Crippen molar-refractivity contribution in [2.45, 2.75) is 19.0 Å². The minimum atomic E-state index is -0.793. The first-order chi connectivity index (χ1) is 13.0. The van der Waals surface area contributed by atoms with Gasteiger partial charge in [0.05, 0.1) is 6.04 Å². The number of rotatable bonds is 5. The van der Waals surface area contributed by atoms with E-state index in [2.05, 4.69) is 15.6 Å². The van der Waals surface area contributed by atoms with E-state index in [0.29, 0.717) is 17.0 Å². The first kappa shape index (κ1) is 18.6. The van der Waals surface area contributed by atoms with Crippen molar-refractivity contribution in [3.8, 4) is 0 Å². The van der Waals surface area contributed by atoms with Crippen LogP contribution in [0.15, 0.2) is 60.9 Å². The van der Waals surface area contributed by atoms with Gasteiger partial charge in [0.2, 0.25) is 0 Å². The van der Waals surface area contributed by atoms with Gasteiger partial charge in [0.25, 0.3) is 0 Å². The molecule has 0 radical (unpaired) electrons. The van der Waals surface area contributed by atoms with Crippen LogP contribution in [0, 0.1) is 11.6 Å². The minimum Gasteiger partial charge on any atom is -0.336 e. The van der Waals surface area contributed by atoms with Gasteiger partial charge in [0.1, 0.15) is 23.5 Å². The minimum absolute atomic E-state index is 0.292. The van der Waals surface area contributed by atoms with Crippen molar-refractivity contribution in [3.63, 3.8) is 0 Å². The summed E-state index contributed by atoms with van der Waals surface area (Å²) in [4.78, 5) is 16.8. The fourth-order valence-electron chi connectivity index (χ4n) is 2.92. The standard InChI is InChI=1S/C20H20F2N4O/c1-13(14-7-3-5-9-16(14)21)24-20(27)25-18(19-23-11-12-26(19)2)15-8-4-6-10-17(15)22/h3-13,18H,1-2H3,(H2,24,25,27)/t13-,18+/m0/s1. The molecule has 7 heteroatoms. The molecule has 2 aromatic carbocycles. The zero-order chi connectivity index (χ0) is 19.4. The molecule has 3 rings (SSSR count). The number of hydrogen-bond acceptors (Lipinski definition) is 2. The molecule has 0 unspecified atom stereocenters. The first-order valence-corrected chi connectivity index (χ1v) is 8.50. The highest BCUT2D eigenvalue weighted by molar-refractivity contribution is 5.75. The Bertz CT molecular complexity index is 941. The predicted octanol–water partition coefficient (Wildman–Crippen LogP) is 3.85. The van der Waals surface area contributed by atoms with Crippen LogP contribution in [0.1, 0.15) is 36.0 Å². The van der Waals surface area contributed by atoms with Crippen molar-refractivity contribution in [1.82, 2.24) is 20.2 Å². The molecule has 1 heterocycles. The number of imidazole rings is 1. The van der Waals surface area contributed by atoms with Gasteiger partial charge in [-0.25, -0.2) is 18.6 Å². The van der Waals surface area contributed by atoms with Gasteiger partial charge < -0.3 is 15.2 Å². The number of halogens is 2. The van der Waals surface area contributed by atoms with Crippen molar-refractivity contribution >= 4 is 6.03 Å². The van der Waals surface area contributed by atoms with E-state index in [4.69, 9.17) is 0 Å². The summed E-state index contributed by atoms with van der Waals surface area (Å²) in [7, 11) is 1.76. The number of benzene rings is 2. The Morgan fingerprint density at radius 2 is 1.59 bits per heavy atom. The molecule has 0 aliphatic heterocycles. The van der Waals surface area contributed by atoms with E-state index < -0.39 is 29.7 Å². The Morgan fingerprint density at radius 1 is 1.00 bits per heavy atom. The lowest BCUT2D eigenvalue weighted by Gasteiger charge is -2.22. The fraction of sp³-hybridized carbons (Fsp3) is 0.200. The number of aromatic nitrogens is 2. The normalized spacial score (nSPS) is 13.0. The molecule has 140 valence electrons. The van der Waals surface area contributed by atoms with Crippen LogP contribution in [0.2, 0.25) is 0 Å². The van der Waals surface area contributed by atoms with Crippen molar-refractivity contribution in [2.24, 2.45) is 7.05 Å². The Balaban J connectivity index is 1.82. The summed E-state index contributed by atoms with van der Waals surface area (Å²) in [6.45, 7) is 1.68. The lowest BCUT2D eigenvalue weighted by atomic mass is 10.1. The summed E-state index contributed by atoms with van der Waals surface area (Å²) >= 11 is 0. The molecule has 0 bridgehead atoms. The highest BCUT2D eigenvalue weighted by Gasteiger charge is 2.24. The molecule has 1 aromatic heterocycles. The second-order valence-corrected chi connectivity index (χ2v) is 6.21. The van der Waals surface area contributed by atoms with Crippen LogP contribution in [0.3, 0.4) is 0 Å². The van der Waals surface area contributed by atoms with Gasteiger partial charge in [-0.05, 0) is 19.1 Å². The highest BCUT2D eigenvalue weighted by atomic mass is 19.1. The lowest BCUT2D eigenvalue weighted by molar-refractivity contribution is 0.234. The Morgan fingerprint density at radius 3 is 2.15 bits per heavy atom. The summed E-state index contributed by atoms with van der Waals surface area (Å²) in [6.07, 6.45) is 3.29. The summed E-state index contributed by atoms with van der Waals surface area (Å²) in [5.41, 5.74) is 0.660. The maximum atomic E-state index is 14.3. The van der Waals surface area contributed by atoms with Crippen LogP contribution in [-0.2, 0) is 7.05 Å². The van der Waals surface area contributed by atoms with Gasteiger partial charge >= 0.3 is 6.03 Å². The van der Waals surface area contributed by atoms with E-state index in [0.717, 1.165) is 0 Å². The van der Waals surface area contributed by atoms with Crippen molar-refractivity contribution in [3.05, 3.63) is 89.5 Å². The molecule has 0 saturated carbocycles. The Hall–Kier alpha value is -3.22. The zero-order valence-corrected chi connectivity index (χ0v) is 15.0. The quantitative estimate of drug-likeness (QED) is 0.717. The number of nitrogens with zero attached hydrogens (tertiary/aromatic N) is 2. The first-order valence-electron chi connectivity index (χ1n) is 8.50. The van der Waals surface area contributed by atoms with Crippen LogP contribution < -0.4 is 10.6 Å². The van der Waals surface area contributed by atoms with Gasteiger partial charge in [0, 0.05) is 30.6 Å². The molecule has 0 aliphatic carbocycles. The zero-order valence-electron chi connectivity index (χ0n) is 15.0. The van der Waals surface area contributed by atoms with E-state index >= 15 is 0 Å². The third-order valence-corrected chi connectivity index (χ3v) is 4.33. The number of nitrogens with one attached hydrogen (secondary N) is 2. The van der Waals surface area contributed by atoms with Crippen LogP contribution in [-0.4, -0.2) is 15.6 Å². The second kappa shape index (κ2) is 7.99. The molecular formula is C20H20F2N4O. The maximum Gasteiger partial charge on any atom is 0.316 e. The van der Waals surface area contributed by atoms with E-state index in [-0.39, 0.29) is 0 Å². The van der Waals surface area contributed by atoms with Crippen molar-refractivity contribution in [1.29, 1.82) is 0 Å². The molecule has 0 spiro atoms. The second-order valence-electron chi connectivity index (χ2n) is 6.21. The third kappa shape index (κ3) is 4.13. The molecule has 27 heavy (non-hydrogen) atoms. The predicted molar refractivity (Wildman–Crippen MR) is 97.9 cm³/mol. The van der Waals surface area contributed by atoms with Gasteiger partial charge in [-0.3, -0.25) is 0 Å². The van der Waals surface area contributed by atoms with E-state index in [1.165, 1.54) is 12.1 Å². The summed E-state index contributed by atoms with van der Waals surface area (Å²) < 4.78 is 30.0. The topological polar surface area (TPSA) is 59.0 Å². The smallest absolute Gasteiger partial charge is 0.316 e. The van der Waals surface area contributed by atoms with E-state index in [1.54, 1.807) is 67.3 Å². The number of aryl methyl sites for hydroxylation is 1. The SMILES string of the molecule is C[C@H](NC(=O)N[C@H](c1ccccc1F)c1nccn1C)c1ccccc1F. The van der Waals surface area contributed by atoms with E-state index in [1.807, 2.05) is 0 Å². The average Bonchev–Trinajstić information content (AvgIpc) is 3.06. The lowest BCUT2D eigenvalue weighted by Crippen LogP contribution is -2.40. The molecule has 5 nitrogen and oxygen atoms in total. The molecule has 3 aromatic rings. The summed E-state index contributed by atoms with van der Waals surface area (Å²) in [6, 6.07) is 10.5. The van der Waals surface area contributed by atoms with Gasteiger partial charge in [-0.1, -0.05) is 36.4 Å². The van der Waals surface area contributed by atoms with Crippen molar-refractivity contribution in [2.75, 3.05) is 0 Å². The average molecular weight is 370 g/mol. The summed E-state index contributed by atoms with van der Waals surface area (Å²) in [5, 5.41) is 5.43. The molecule has 2 N–H and O–H groups in total. The third-order valence-electron chi connectivity index (χ3n) is 4.33.